The lowest BCUT2D eigenvalue weighted by Gasteiger charge is -2.10. The fourth-order valence-corrected chi connectivity index (χ4v) is 1.79. The SMILES string of the molecule is COc1ccc(C(O)Cc2ccc(Br)cn2)cn1. The van der Waals surface area contributed by atoms with Gasteiger partial charge < -0.3 is 9.84 Å². The third kappa shape index (κ3) is 3.27. The lowest BCUT2D eigenvalue weighted by molar-refractivity contribution is 0.176. The van der Waals surface area contributed by atoms with E-state index in [1.54, 1.807) is 31.6 Å². The maximum atomic E-state index is 10.1. The van der Waals surface area contributed by atoms with Gasteiger partial charge in [0.15, 0.2) is 0 Å². The normalized spacial score (nSPS) is 12.2. The predicted molar refractivity (Wildman–Crippen MR) is 71.4 cm³/mol. The van der Waals surface area contributed by atoms with Crippen LogP contribution in [0.15, 0.2) is 41.1 Å². The molecule has 0 aliphatic rings. The molecular formula is C13H13BrN2O2. The summed E-state index contributed by atoms with van der Waals surface area (Å²) in [6.07, 6.45) is 3.18. The molecule has 0 aliphatic carbocycles. The molecule has 2 rings (SSSR count). The van der Waals surface area contributed by atoms with Gasteiger partial charge in [0, 0.05) is 35.0 Å². The zero-order valence-electron chi connectivity index (χ0n) is 9.88. The molecule has 0 bridgehead atoms. The van der Waals surface area contributed by atoms with Crippen molar-refractivity contribution in [2.75, 3.05) is 7.11 Å². The first-order valence-corrected chi connectivity index (χ1v) is 6.27. The number of aromatic nitrogens is 2. The van der Waals surface area contributed by atoms with Crippen molar-refractivity contribution in [3.8, 4) is 5.88 Å². The van der Waals surface area contributed by atoms with Gasteiger partial charge in [-0.3, -0.25) is 4.98 Å². The van der Waals surface area contributed by atoms with Crippen LogP contribution in [0, 0.1) is 0 Å². The summed E-state index contributed by atoms with van der Waals surface area (Å²) in [6.45, 7) is 0. The zero-order chi connectivity index (χ0) is 13.0. The fraction of sp³-hybridized carbons (Fsp3) is 0.231. The van der Waals surface area contributed by atoms with Crippen LogP contribution in [0.1, 0.15) is 17.4 Å². The largest absolute Gasteiger partial charge is 0.481 e. The van der Waals surface area contributed by atoms with Gasteiger partial charge in [0.1, 0.15) is 0 Å². The van der Waals surface area contributed by atoms with Crippen LogP contribution in [0.2, 0.25) is 0 Å². The van der Waals surface area contributed by atoms with Crippen LogP contribution in [0.3, 0.4) is 0 Å². The van der Waals surface area contributed by atoms with Crippen LogP contribution in [0.5, 0.6) is 5.88 Å². The van der Waals surface area contributed by atoms with Crippen molar-refractivity contribution in [3.05, 3.63) is 52.4 Å². The molecule has 0 saturated carbocycles. The molecule has 2 aromatic rings. The molecule has 0 aromatic carbocycles. The lowest BCUT2D eigenvalue weighted by atomic mass is 10.1. The molecule has 0 aliphatic heterocycles. The summed E-state index contributed by atoms with van der Waals surface area (Å²) < 4.78 is 5.89. The van der Waals surface area contributed by atoms with Crippen molar-refractivity contribution in [1.82, 2.24) is 9.97 Å². The molecule has 2 aromatic heterocycles. The summed E-state index contributed by atoms with van der Waals surface area (Å²) in [6, 6.07) is 7.31. The fourth-order valence-electron chi connectivity index (χ4n) is 1.55. The first-order chi connectivity index (χ1) is 8.69. The van der Waals surface area contributed by atoms with Gasteiger partial charge in [-0.05, 0) is 39.7 Å². The topological polar surface area (TPSA) is 55.2 Å². The average Bonchev–Trinajstić information content (AvgIpc) is 2.41. The van der Waals surface area contributed by atoms with Crippen molar-refractivity contribution >= 4 is 15.9 Å². The first-order valence-electron chi connectivity index (χ1n) is 5.47. The molecule has 0 amide bonds. The number of ether oxygens (including phenoxy) is 1. The molecule has 0 saturated heterocycles. The van der Waals surface area contributed by atoms with E-state index in [1.165, 1.54) is 0 Å². The van der Waals surface area contributed by atoms with Gasteiger partial charge in [-0.2, -0.15) is 0 Å². The molecule has 0 fully saturated rings. The highest BCUT2D eigenvalue weighted by atomic mass is 79.9. The van der Waals surface area contributed by atoms with Crippen molar-refractivity contribution in [2.24, 2.45) is 0 Å². The highest BCUT2D eigenvalue weighted by molar-refractivity contribution is 9.10. The molecule has 0 spiro atoms. The van der Waals surface area contributed by atoms with E-state index in [9.17, 15) is 5.11 Å². The Bertz CT molecular complexity index is 499. The lowest BCUT2D eigenvalue weighted by Crippen LogP contribution is -2.04. The van der Waals surface area contributed by atoms with E-state index < -0.39 is 6.10 Å². The molecule has 1 N–H and O–H groups in total. The second kappa shape index (κ2) is 5.93. The van der Waals surface area contributed by atoms with Gasteiger partial charge in [-0.1, -0.05) is 0 Å². The Morgan fingerprint density at radius 1 is 1.22 bits per heavy atom. The predicted octanol–water partition coefficient (Wildman–Crippen LogP) is 2.52. The van der Waals surface area contributed by atoms with E-state index in [0.29, 0.717) is 12.3 Å². The van der Waals surface area contributed by atoms with Gasteiger partial charge in [0.05, 0.1) is 13.2 Å². The number of methoxy groups -OCH3 is 1. The van der Waals surface area contributed by atoms with Gasteiger partial charge in [-0.15, -0.1) is 0 Å². The standard InChI is InChI=1S/C13H13BrN2O2/c1-18-13-5-2-9(7-16-13)12(17)6-11-4-3-10(14)8-15-11/h2-5,7-8,12,17H,6H2,1H3. The Kier molecular flexibility index (Phi) is 4.28. The summed E-state index contributed by atoms with van der Waals surface area (Å²) in [5.41, 5.74) is 1.59. The Morgan fingerprint density at radius 3 is 2.61 bits per heavy atom. The number of pyridine rings is 2. The number of halogens is 1. The van der Waals surface area contributed by atoms with E-state index in [-0.39, 0.29) is 0 Å². The van der Waals surface area contributed by atoms with Crippen molar-refractivity contribution in [2.45, 2.75) is 12.5 Å². The van der Waals surface area contributed by atoms with Crippen LogP contribution in [0.25, 0.3) is 0 Å². The maximum Gasteiger partial charge on any atom is 0.212 e. The van der Waals surface area contributed by atoms with E-state index in [0.717, 1.165) is 15.7 Å². The number of hydrogen-bond donors (Lipinski definition) is 1. The molecule has 1 unspecified atom stereocenters. The van der Waals surface area contributed by atoms with Crippen LogP contribution in [0.4, 0.5) is 0 Å². The van der Waals surface area contributed by atoms with Crippen molar-refractivity contribution < 1.29 is 9.84 Å². The zero-order valence-corrected chi connectivity index (χ0v) is 11.5. The number of aliphatic hydroxyl groups excluding tert-OH is 1. The van der Waals surface area contributed by atoms with Gasteiger partial charge in [0.25, 0.3) is 0 Å². The number of hydrogen-bond acceptors (Lipinski definition) is 4. The first kappa shape index (κ1) is 13.0. The minimum absolute atomic E-state index is 0.460. The van der Waals surface area contributed by atoms with Gasteiger partial charge in [-0.25, -0.2) is 4.98 Å². The van der Waals surface area contributed by atoms with Gasteiger partial charge >= 0.3 is 0 Å². The Labute approximate surface area is 114 Å². The molecule has 18 heavy (non-hydrogen) atoms. The van der Waals surface area contributed by atoms with Crippen LogP contribution in [-0.2, 0) is 6.42 Å². The number of nitrogens with zero attached hydrogens (tertiary/aromatic N) is 2. The van der Waals surface area contributed by atoms with Crippen molar-refractivity contribution in [3.63, 3.8) is 0 Å². The summed E-state index contributed by atoms with van der Waals surface area (Å²) in [7, 11) is 1.56. The maximum absolute atomic E-state index is 10.1. The number of aliphatic hydroxyl groups is 1. The second-order valence-electron chi connectivity index (χ2n) is 3.82. The van der Waals surface area contributed by atoms with Crippen LogP contribution >= 0.6 is 15.9 Å². The van der Waals surface area contributed by atoms with Crippen LogP contribution < -0.4 is 4.74 Å². The molecule has 94 valence electrons. The van der Waals surface area contributed by atoms with E-state index in [2.05, 4.69) is 25.9 Å². The Morgan fingerprint density at radius 2 is 2.06 bits per heavy atom. The molecule has 5 heteroatoms. The Balaban J connectivity index is 2.06. The molecule has 0 radical (unpaired) electrons. The third-order valence-electron chi connectivity index (χ3n) is 2.54. The van der Waals surface area contributed by atoms with Gasteiger partial charge in [0.2, 0.25) is 5.88 Å². The monoisotopic (exact) mass is 308 g/mol. The summed E-state index contributed by atoms with van der Waals surface area (Å²) in [4.78, 5) is 8.29. The average molecular weight is 309 g/mol. The highest BCUT2D eigenvalue weighted by Crippen LogP contribution is 2.19. The number of rotatable bonds is 4. The van der Waals surface area contributed by atoms with E-state index in [4.69, 9.17) is 4.74 Å². The molecule has 1 atom stereocenters. The van der Waals surface area contributed by atoms with E-state index in [1.807, 2.05) is 12.1 Å². The summed E-state index contributed by atoms with van der Waals surface area (Å²) >= 11 is 3.32. The Hall–Kier alpha value is -1.46. The molecular weight excluding hydrogens is 296 g/mol. The third-order valence-corrected chi connectivity index (χ3v) is 3.01. The minimum atomic E-state index is -0.614. The molecule has 4 nitrogen and oxygen atoms in total. The van der Waals surface area contributed by atoms with Crippen LogP contribution in [-0.4, -0.2) is 22.2 Å². The second-order valence-corrected chi connectivity index (χ2v) is 4.74. The summed E-state index contributed by atoms with van der Waals surface area (Å²) in [5, 5.41) is 10.1. The minimum Gasteiger partial charge on any atom is -0.481 e. The smallest absolute Gasteiger partial charge is 0.212 e. The van der Waals surface area contributed by atoms with Crippen molar-refractivity contribution in [1.29, 1.82) is 0 Å². The molecule has 2 heterocycles. The quantitative estimate of drug-likeness (QED) is 0.943. The van der Waals surface area contributed by atoms with E-state index >= 15 is 0 Å². The summed E-state index contributed by atoms with van der Waals surface area (Å²) in [5.74, 6) is 0.535. The highest BCUT2D eigenvalue weighted by Gasteiger charge is 2.10.